The van der Waals surface area contributed by atoms with Gasteiger partial charge in [-0.05, 0) is 31.9 Å². The maximum absolute atomic E-state index is 5.97. The Balaban J connectivity index is 2.26. The zero-order valence-electron chi connectivity index (χ0n) is 9.46. The van der Waals surface area contributed by atoms with Gasteiger partial charge in [0.15, 0.2) is 0 Å². The fourth-order valence-corrected chi connectivity index (χ4v) is 2.93. The second kappa shape index (κ2) is 6.70. The third-order valence-electron chi connectivity index (χ3n) is 3.05. The highest BCUT2D eigenvalue weighted by molar-refractivity contribution is 7.98. The Kier molecular flexibility index (Phi) is 5.90. The molecule has 0 aromatic rings. The summed E-state index contributed by atoms with van der Waals surface area (Å²) in [5, 5.41) is 3.74. The van der Waals surface area contributed by atoms with Gasteiger partial charge in [0.05, 0.1) is 0 Å². The molecule has 0 amide bonds. The highest BCUT2D eigenvalue weighted by Gasteiger charge is 2.20. The minimum Gasteiger partial charge on any atom is -0.328 e. The predicted molar refractivity (Wildman–Crippen MR) is 65.8 cm³/mol. The largest absolute Gasteiger partial charge is 0.328 e. The van der Waals surface area contributed by atoms with Crippen molar-refractivity contribution in [3.05, 3.63) is 0 Å². The molecule has 0 aromatic carbocycles. The van der Waals surface area contributed by atoms with Crippen molar-refractivity contribution in [2.45, 2.75) is 57.2 Å². The molecule has 0 heterocycles. The molecule has 3 N–H and O–H groups in total. The van der Waals surface area contributed by atoms with E-state index < -0.39 is 0 Å². The molecule has 1 rings (SSSR count). The van der Waals surface area contributed by atoms with E-state index in [1.54, 1.807) is 0 Å². The monoisotopic (exact) mass is 216 g/mol. The first-order valence-corrected chi connectivity index (χ1v) is 7.16. The molecule has 0 aliphatic heterocycles. The van der Waals surface area contributed by atoms with Gasteiger partial charge in [-0.2, -0.15) is 11.8 Å². The molecular weight excluding hydrogens is 192 g/mol. The maximum atomic E-state index is 5.97. The molecule has 3 unspecified atom stereocenters. The molecule has 2 nitrogen and oxygen atoms in total. The fraction of sp³-hybridized carbons (Fsp3) is 1.00. The summed E-state index contributed by atoms with van der Waals surface area (Å²) in [5.74, 6) is 1.22. The van der Waals surface area contributed by atoms with E-state index >= 15 is 0 Å². The number of hydrogen-bond acceptors (Lipinski definition) is 3. The summed E-state index contributed by atoms with van der Waals surface area (Å²) < 4.78 is 0. The minimum atomic E-state index is 0.438. The van der Waals surface area contributed by atoms with Crippen LogP contribution in [0, 0.1) is 0 Å². The van der Waals surface area contributed by atoms with Crippen molar-refractivity contribution in [1.82, 2.24) is 5.32 Å². The minimum absolute atomic E-state index is 0.438. The van der Waals surface area contributed by atoms with Gasteiger partial charge in [0.1, 0.15) is 0 Å². The van der Waals surface area contributed by atoms with Crippen molar-refractivity contribution >= 4 is 11.8 Å². The van der Waals surface area contributed by atoms with Crippen LogP contribution in [0.2, 0.25) is 0 Å². The van der Waals surface area contributed by atoms with Crippen molar-refractivity contribution in [3.8, 4) is 0 Å². The van der Waals surface area contributed by atoms with Crippen LogP contribution >= 0.6 is 11.8 Å². The van der Waals surface area contributed by atoms with Gasteiger partial charge in [-0.3, -0.25) is 0 Å². The first kappa shape index (κ1) is 12.3. The fourth-order valence-electron chi connectivity index (χ4n) is 2.20. The summed E-state index contributed by atoms with van der Waals surface area (Å²) in [6, 6.07) is 1.80. The molecule has 0 radical (unpaired) electrons. The molecule has 1 fully saturated rings. The number of rotatable bonds is 5. The summed E-state index contributed by atoms with van der Waals surface area (Å²) in [6.45, 7) is 2.26. The Morgan fingerprint density at radius 2 is 2.29 bits per heavy atom. The van der Waals surface area contributed by atoms with Gasteiger partial charge in [-0.1, -0.05) is 13.3 Å². The molecular formula is C11H24N2S. The van der Waals surface area contributed by atoms with Crippen LogP contribution in [0.4, 0.5) is 0 Å². The van der Waals surface area contributed by atoms with Gasteiger partial charge >= 0.3 is 0 Å². The zero-order valence-corrected chi connectivity index (χ0v) is 10.3. The van der Waals surface area contributed by atoms with E-state index in [0.29, 0.717) is 18.1 Å². The van der Waals surface area contributed by atoms with Crippen LogP contribution < -0.4 is 11.1 Å². The number of hydrogen-bond donors (Lipinski definition) is 2. The summed E-state index contributed by atoms with van der Waals surface area (Å²) in [4.78, 5) is 0. The topological polar surface area (TPSA) is 38.0 Å². The SMILES string of the molecule is CCC(CSC)NC1CCCC(N)C1. The molecule has 0 saturated heterocycles. The Morgan fingerprint density at radius 1 is 1.50 bits per heavy atom. The average molecular weight is 216 g/mol. The first-order chi connectivity index (χ1) is 6.76. The molecule has 0 bridgehead atoms. The normalized spacial score (nSPS) is 30.2. The average Bonchev–Trinajstić information content (AvgIpc) is 2.17. The first-order valence-electron chi connectivity index (χ1n) is 5.76. The van der Waals surface area contributed by atoms with Gasteiger partial charge in [0.2, 0.25) is 0 Å². The van der Waals surface area contributed by atoms with Gasteiger partial charge < -0.3 is 11.1 Å². The van der Waals surface area contributed by atoms with E-state index in [0.717, 1.165) is 0 Å². The lowest BCUT2D eigenvalue weighted by molar-refractivity contribution is 0.316. The second-order valence-electron chi connectivity index (χ2n) is 4.35. The molecule has 1 aliphatic carbocycles. The van der Waals surface area contributed by atoms with Crippen molar-refractivity contribution in [2.24, 2.45) is 5.73 Å². The number of nitrogens with one attached hydrogen (secondary N) is 1. The lowest BCUT2D eigenvalue weighted by Crippen LogP contribution is -2.44. The van der Waals surface area contributed by atoms with E-state index in [1.165, 1.54) is 37.9 Å². The Morgan fingerprint density at radius 3 is 2.86 bits per heavy atom. The van der Waals surface area contributed by atoms with Crippen LogP contribution in [0.15, 0.2) is 0 Å². The standard InChI is InChI=1S/C11H24N2S/c1-3-10(8-14-2)13-11-6-4-5-9(12)7-11/h9-11,13H,3-8,12H2,1-2H3. The van der Waals surface area contributed by atoms with Crippen molar-refractivity contribution in [3.63, 3.8) is 0 Å². The molecule has 14 heavy (non-hydrogen) atoms. The number of nitrogens with two attached hydrogens (primary N) is 1. The van der Waals surface area contributed by atoms with Crippen molar-refractivity contribution in [1.29, 1.82) is 0 Å². The quantitative estimate of drug-likeness (QED) is 0.738. The van der Waals surface area contributed by atoms with Crippen molar-refractivity contribution in [2.75, 3.05) is 12.0 Å². The van der Waals surface area contributed by atoms with Gasteiger partial charge in [0, 0.05) is 23.9 Å². The summed E-state index contributed by atoms with van der Waals surface area (Å²) >= 11 is 1.93. The molecule has 1 aliphatic rings. The highest BCUT2D eigenvalue weighted by atomic mass is 32.2. The molecule has 84 valence electrons. The van der Waals surface area contributed by atoms with Crippen LogP contribution in [0.25, 0.3) is 0 Å². The van der Waals surface area contributed by atoms with Crippen LogP contribution in [-0.4, -0.2) is 30.1 Å². The van der Waals surface area contributed by atoms with Gasteiger partial charge in [-0.25, -0.2) is 0 Å². The van der Waals surface area contributed by atoms with Crippen LogP contribution in [0.1, 0.15) is 39.0 Å². The third kappa shape index (κ3) is 4.20. The smallest absolute Gasteiger partial charge is 0.0158 e. The van der Waals surface area contributed by atoms with Crippen LogP contribution in [0.3, 0.4) is 0 Å². The number of thioether (sulfide) groups is 1. The van der Waals surface area contributed by atoms with Gasteiger partial charge in [0.25, 0.3) is 0 Å². The Hall–Kier alpha value is 0.270. The summed E-state index contributed by atoms with van der Waals surface area (Å²) in [5.41, 5.74) is 5.97. The van der Waals surface area contributed by atoms with E-state index in [1.807, 2.05) is 11.8 Å². The molecule has 3 atom stereocenters. The lowest BCUT2D eigenvalue weighted by atomic mass is 9.91. The molecule has 3 heteroatoms. The van der Waals surface area contributed by atoms with Crippen molar-refractivity contribution < 1.29 is 0 Å². The summed E-state index contributed by atoms with van der Waals surface area (Å²) in [6.07, 6.45) is 8.42. The Bertz CT molecular complexity index is 152. The highest BCUT2D eigenvalue weighted by Crippen LogP contribution is 2.18. The molecule has 1 saturated carbocycles. The maximum Gasteiger partial charge on any atom is 0.0158 e. The predicted octanol–water partition coefficient (Wildman–Crippen LogP) is 1.99. The third-order valence-corrected chi connectivity index (χ3v) is 3.78. The van der Waals surface area contributed by atoms with E-state index in [2.05, 4.69) is 18.5 Å². The van der Waals surface area contributed by atoms with Crippen LogP contribution in [-0.2, 0) is 0 Å². The van der Waals surface area contributed by atoms with E-state index in [-0.39, 0.29) is 0 Å². The second-order valence-corrected chi connectivity index (χ2v) is 5.26. The van der Waals surface area contributed by atoms with E-state index in [4.69, 9.17) is 5.73 Å². The zero-order chi connectivity index (χ0) is 10.4. The summed E-state index contributed by atoms with van der Waals surface area (Å²) in [7, 11) is 0. The lowest BCUT2D eigenvalue weighted by Gasteiger charge is -2.30. The molecule has 0 aromatic heterocycles. The Labute approximate surface area is 92.4 Å². The van der Waals surface area contributed by atoms with Gasteiger partial charge in [-0.15, -0.1) is 0 Å². The molecule has 0 spiro atoms. The van der Waals surface area contributed by atoms with E-state index in [9.17, 15) is 0 Å². The van der Waals surface area contributed by atoms with Crippen LogP contribution in [0.5, 0.6) is 0 Å².